The summed E-state index contributed by atoms with van der Waals surface area (Å²) in [6.45, 7) is 1.35. The Bertz CT molecular complexity index is 433. The van der Waals surface area contributed by atoms with Gasteiger partial charge in [0, 0.05) is 19.3 Å². The Labute approximate surface area is 107 Å². The van der Waals surface area contributed by atoms with Crippen molar-refractivity contribution in [3.05, 3.63) is 35.9 Å². The summed E-state index contributed by atoms with van der Waals surface area (Å²) in [5.41, 5.74) is 0.740. The Hall–Kier alpha value is -1.86. The van der Waals surface area contributed by atoms with Crippen LogP contribution in [0.3, 0.4) is 0 Å². The molecule has 1 saturated heterocycles. The van der Waals surface area contributed by atoms with Crippen molar-refractivity contribution in [3.63, 3.8) is 0 Å². The molecule has 94 valence electrons. The van der Waals surface area contributed by atoms with E-state index >= 15 is 0 Å². The predicted octanol–water partition coefficient (Wildman–Crippen LogP) is 1.59. The smallest absolute Gasteiger partial charge is 0.242 e. The molecule has 1 aliphatic heterocycles. The van der Waals surface area contributed by atoms with Gasteiger partial charge in [-0.3, -0.25) is 4.79 Å². The van der Waals surface area contributed by atoms with Crippen LogP contribution in [0.5, 0.6) is 0 Å². The Balaban J connectivity index is 2.00. The van der Waals surface area contributed by atoms with Crippen molar-refractivity contribution in [2.45, 2.75) is 24.8 Å². The third-order valence-electron chi connectivity index (χ3n) is 3.09. The van der Waals surface area contributed by atoms with E-state index in [1.807, 2.05) is 18.2 Å². The van der Waals surface area contributed by atoms with E-state index < -0.39 is 5.92 Å². The minimum atomic E-state index is -0.728. The van der Waals surface area contributed by atoms with Crippen molar-refractivity contribution in [3.8, 4) is 6.07 Å². The zero-order valence-electron chi connectivity index (χ0n) is 10.1. The molecule has 1 atom stereocenters. The largest absolute Gasteiger partial charge is 0.381 e. The third-order valence-corrected chi connectivity index (χ3v) is 3.09. The highest BCUT2D eigenvalue weighted by atomic mass is 16.5. The molecule has 1 aliphatic rings. The molecular weight excluding hydrogens is 228 g/mol. The van der Waals surface area contributed by atoms with Gasteiger partial charge < -0.3 is 10.1 Å². The zero-order valence-corrected chi connectivity index (χ0v) is 10.1. The van der Waals surface area contributed by atoms with Gasteiger partial charge in [0.1, 0.15) is 5.92 Å². The number of hydrogen-bond acceptors (Lipinski definition) is 3. The first-order chi connectivity index (χ1) is 8.81. The van der Waals surface area contributed by atoms with Crippen LogP contribution >= 0.6 is 0 Å². The summed E-state index contributed by atoms with van der Waals surface area (Å²) in [6.07, 6.45) is 1.64. The summed E-state index contributed by atoms with van der Waals surface area (Å²) >= 11 is 0. The first-order valence-corrected chi connectivity index (χ1v) is 6.14. The van der Waals surface area contributed by atoms with E-state index in [0.717, 1.165) is 18.4 Å². The van der Waals surface area contributed by atoms with Gasteiger partial charge in [0.25, 0.3) is 0 Å². The number of carbonyl (C=O) groups is 1. The normalized spacial score (nSPS) is 17.7. The molecule has 4 heteroatoms. The predicted molar refractivity (Wildman–Crippen MR) is 66.8 cm³/mol. The van der Waals surface area contributed by atoms with E-state index in [4.69, 9.17) is 10.00 Å². The van der Waals surface area contributed by atoms with Gasteiger partial charge in [0.15, 0.2) is 0 Å². The molecule has 0 saturated carbocycles. The van der Waals surface area contributed by atoms with Crippen LogP contribution < -0.4 is 5.32 Å². The van der Waals surface area contributed by atoms with Crippen molar-refractivity contribution in [2.75, 3.05) is 13.2 Å². The second-order valence-electron chi connectivity index (χ2n) is 4.37. The Kier molecular flexibility index (Phi) is 4.32. The lowest BCUT2D eigenvalue weighted by Gasteiger charge is -2.24. The number of rotatable bonds is 3. The maximum atomic E-state index is 12.1. The summed E-state index contributed by atoms with van der Waals surface area (Å²) in [5, 5.41) is 12.1. The lowest BCUT2D eigenvalue weighted by atomic mass is 9.99. The fourth-order valence-electron chi connectivity index (χ4n) is 2.06. The molecule has 2 rings (SSSR count). The summed E-state index contributed by atoms with van der Waals surface area (Å²) in [6, 6.07) is 11.3. The van der Waals surface area contributed by atoms with Crippen molar-refractivity contribution in [1.82, 2.24) is 5.32 Å². The Morgan fingerprint density at radius 2 is 2.00 bits per heavy atom. The Morgan fingerprint density at radius 1 is 1.33 bits per heavy atom. The van der Waals surface area contributed by atoms with Gasteiger partial charge in [-0.2, -0.15) is 5.26 Å². The zero-order chi connectivity index (χ0) is 12.8. The van der Waals surface area contributed by atoms with E-state index in [-0.39, 0.29) is 11.9 Å². The number of nitrogens with zero attached hydrogens (tertiary/aromatic N) is 1. The fourth-order valence-corrected chi connectivity index (χ4v) is 2.06. The maximum absolute atomic E-state index is 12.1. The van der Waals surface area contributed by atoms with E-state index in [0.29, 0.717) is 13.2 Å². The van der Waals surface area contributed by atoms with Crippen LogP contribution in [-0.4, -0.2) is 25.2 Å². The van der Waals surface area contributed by atoms with E-state index in [9.17, 15) is 4.79 Å². The molecule has 4 nitrogen and oxygen atoms in total. The first-order valence-electron chi connectivity index (χ1n) is 6.14. The monoisotopic (exact) mass is 244 g/mol. The molecule has 0 spiro atoms. The van der Waals surface area contributed by atoms with Crippen LogP contribution in [0, 0.1) is 11.3 Å². The van der Waals surface area contributed by atoms with Crippen LogP contribution in [-0.2, 0) is 9.53 Å². The number of hydrogen-bond donors (Lipinski definition) is 1. The number of benzene rings is 1. The van der Waals surface area contributed by atoms with Gasteiger partial charge in [-0.15, -0.1) is 0 Å². The van der Waals surface area contributed by atoms with Gasteiger partial charge in [0.05, 0.1) is 6.07 Å². The fraction of sp³-hybridized carbons (Fsp3) is 0.429. The van der Waals surface area contributed by atoms with E-state index in [1.54, 1.807) is 12.1 Å². The number of nitriles is 1. The van der Waals surface area contributed by atoms with Gasteiger partial charge in [-0.1, -0.05) is 30.3 Å². The number of carbonyl (C=O) groups excluding carboxylic acids is 1. The van der Waals surface area contributed by atoms with Crippen LogP contribution in [0.25, 0.3) is 0 Å². The summed E-state index contributed by atoms with van der Waals surface area (Å²) in [7, 11) is 0. The molecule has 0 aliphatic carbocycles. The molecule has 0 radical (unpaired) electrons. The molecular formula is C14H16N2O2. The van der Waals surface area contributed by atoms with Crippen molar-refractivity contribution in [1.29, 1.82) is 5.26 Å². The van der Waals surface area contributed by atoms with E-state index in [1.165, 1.54) is 0 Å². The van der Waals surface area contributed by atoms with Gasteiger partial charge >= 0.3 is 0 Å². The van der Waals surface area contributed by atoms with Crippen molar-refractivity contribution in [2.24, 2.45) is 0 Å². The molecule has 1 N–H and O–H groups in total. The quantitative estimate of drug-likeness (QED) is 0.878. The minimum Gasteiger partial charge on any atom is -0.381 e. The highest BCUT2D eigenvalue weighted by Crippen LogP contribution is 2.16. The SMILES string of the molecule is N#CC(C(=O)NC1CCOCC1)c1ccccc1. The summed E-state index contributed by atoms with van der Waals surface area (Å²) < 4.78 is 5.24. The molecule has 18 heavy (non-hydrogen) atoms. The van der Waals surface area contributed by atoms with Crippen LogP contribution in [0.2, 0.25) is 0 Å². The van der Waals surface area contributed by atoms with Crippen LogP contribution in [0.4, 0.5) is 0 Å². The molecule has 1 aromatic rings. The number of nitrogens with one attached hydrogen (secondary N) is 1. The third kappa shape index (κ3) is 3.08. The standard InChI is InChI=1S/C14H16N2O2/c15-10-13(11-4-2-1-3-5-11)14(17)16-12-6-8-18-9-7-12/h1-5,12-13H,6-9H2,(H,16,17). The van der Waals surface area contributed by atoms with Crippen LogP contribution in [0.15, 0.2) is 30.3 Å². The highest BCUT2D eigenvalue weighted by Gasteiger charge is 2.23. The van der Waals surface area contributed by atoms with Crippen molar-refractivity contribution < 1.29 is 9.53 Å². The molecule has 1 fully saturated rings. The van der Waals surface area contributed by atoms with E-state index in [2.05, 4.69) is 11.4 Å². The lowest BCUT2D eigenvalue weighted by Crippen LogP contribution is -2.41. The first kappa shape index (κ1) is 12.6. The molecule has 1 amide bonds. The molecule has 0 aromatic heterocycles. The van der Waals surface area contributed by atoms with Crippen molar-refractivity contribution >= 4 is 5.91 Å². The molecule has 1 heterocycles. The van der Waals surface area contributed by atoms with Gasteiger partial charge in [0.2, 0.25) is 5.91 Å². The topological polar surface area (TPSA) is 62.1 Å². The molecule has 1 aromatic carbocycles. The number of ether oxygens (including phenoxy) is 1. The molecule has 0 bridgehead atoms. The summed E-state index contributed by atoms with van der Waals surface area (Å²) in [4.78, 5) is 12.1. The second kappa shape index (κ2) is 6.18. The molecule has 1 unspecified atom stereocenters. The lowest BCUT2D eigenvalue weighted by molar-refractivity contribution is -0.122. The minimum absolute atomic E-state index is 0.130. The number of amides is 1. The maximum Gasteiger partial charge on any atom is 0.242 e. The average molecular weight is 244 g/mol. The van der Waals surface area contributed by atoms with Crippen LogP contribution in [0.1, 0.15) is 24.3 Å². The van der Waals surface area contributed by atoms with Gasteiger partial charge in [-0.05, 0) is 18.4 Å². The average Bonchev–Trinajstić information content (AvgIpc) is 2.42. The van der Waals surface area contributed by atoms with Gasteiger partial charge in [-0.25, -0.2) is 0 Å². The summed E-state index contributed by atoms with van der Waals surface area (Å²) in [5.74, 6) is -0.940. The highest BCUT2D eigenvalue weighted by molar-refractivity contribution is 5.86. The second-order valence-corrected chi connectivity index (χ2v) is 4.37. The Morgan fingerprint density at radius 3 is 2.61 bits per heavy atom.